The summed E-state index contributed by atoms with van der Waals surface area (Å²) in [6, 6.07) is 0. The van der Waals surface area contributed by atoms with Gasteiger partial charge in [0, 0.05) is 36.4 Å². The van der Waals surface area contributed by atoms with Crippen molar-refractivity contribution in [2.45, 2.75) is 44.9 Å². The largest absolute Gasteiger partial charge is 0.381 e. The van der Waals surface area contributed by atoms with Crippen LogP contribution in [0.25, 0.3) is 0 Å². The minimum absolute atomic E-state index is 0. The molecule has 2 N–H and O–H groups in total. The van der Waals surface area contributed by atoms with Crippen molar-refractivity contribution in [3.8, 4) is 0 Å². The Labute approximate surface area is 170 Å². The Balaban J connectivity index is 0.00000288. The van der Waals surface area contributed by atoms with Crippen LogP contribution in [0.3, 0.4) is 0 Å². The quantitative estimate of drug-likeness (QED) is 0.369. The van der Waals surface area contributed by atoms with Crippen LogP contribution in [0.1, 0.15) is 35.3 Å². The lowest BCUT2D eigenvalue weighted by Crippen LogP contribution is -2.48. The number of aliphatic imine (C=N–C) groups is 1. The molecule has 0 aromatic carbocycles. The van der Waals surface area contributed by atoms with Gasteiger partial charge in [-0.3, -0.25) is 4.99 Å². The van der Waals surface area contributed by atoms with Crippen LogP contribution in [-0.4, -0.2) is 48.2 Å². The Kier molecular flexibility index (Phi) is 9.91. The number of aryl methyl sites for hydroxylation is 2. The van der Waals surface area contributed by atoms with Gasteiger partial charge in [0.1, 0.15) is 5.01 Å². The molecule has 0 bridgehead atoms. The maximum Gasteiger partial charge on any atom is 0.191 e. The second-order valence-corrected chi connectivity index (χ2v) is 8.78. The third-order valence-corrected chi connectivity index (χ3v) is 6.66. The number of hydrogen-bond donors (Lipinski definition) is 2. The maximum atomic E-state index is 5.53. The van der Waals surface area contributed by atoms with Crippen molar-refractivity contribution in [1.29, 1.82) is 0 Å². The van der Waals surface area contributed by atoms with Crippen LogP contribution >= 0.6 is 47.1 Å². The average molecular weight is 484 g/mol. The smallest absolute Gasteiger partial charge is 0.191 e. The number of rotatable bonds is 6. The molecule has 138 valence electrons. The summed E-state index contributed by atoms with van der Waals surface area (Å²) < 4.78 is 5.79. The third-order valence-electron chi connectivity index (χ3n) is 4.14. The molecule has 0 atom stereocenters. The molecule has 5 nitrogen and oxygen atoms in total. The number of thiazole rings is 1. The number of aromatic nitrogens is 1. The van der Waals surface area contributed by atoms with E-state index in [9.17, 15) is 0 Å². The minimum atomic E-state index is 0. The number of ether oxygens (including phenoxy) is 1. The molecule has 0 radical (unpaired) electrons. The van der Waals surface area contributed by atoms with Crippen LogP contribution in [0.15, 0.2) is 4.99 Å². The fourth-order valence-electron chi connectivity index (χ4n) is 2.66. The van der Waals surface area contributed by atoms with E-state index in [1.807, 2.05) is 18.8 Å². The highest BCUT2D eigenvalue weighted by atomic mass is 127. The summed E-state index contributed by atoms with van der Waals surface area (Å²) in [4.78, 5) is 10.2. The third kappa shape index (κ3) is 6.34. The lowest BCUT2D eigenvalue weighted by atomic mass is 9.99. The van der Waals surface area contributed by atoms with Crippen LogP contribution in [0.2, 0.25) is 0 Å². The van der Waals surface area contributed by atoms with Gasteiger partial charge >= 0.3 is 0 Å². The lowest BCUT2D eigenvalue weighted by molar-refractivity contribution is 0.0782. The Hall–Kier alpha value is -0.0600. The van der Waals surface area contributed by atoms with Crippen molar-refractivity contribution in [3.63, 3.8) is 0 Å². The topological polar surface area (TPSA) is 58.5 Å². The number of guanidine groups is 1. The van der Waals surface area contributed by atoms with E-state index < -0.39 is 0 Å². The van der Waals surface area contributed by atoms with Crippen LogP contribution in [0.5, 0.6) is 0 Å². The fraction of sp³-hybridized carbons (Fsp3) is 0.750. The highest BCUT2D eigenvalue weighted by Gasteiger charge is 2.32. The van der Waals surface area contributed by atoms with Gasteiger partial charge in [-0.25, -0.2) is 4.98 Å². The predicted molar refractivity (Wildman–Crippen MR) is 116 cm³/mol. The van der Waals surface area contributed by atoms with E-state index in [1.54, 1.807) is 11.3 Å². The first-order valence-electron chi connectivity index (χ1n) is 8.17. The van der Waals surface area contributed by atoms with Crippen molar-refractivity contribution in [1.82, 2.24) is 15.6 Å². The molecule has 0 unspecified atom stereocenters. The maximum absolute atomic E-state index is 5.53. The van der Waals surface area contributed by atoms with Crippen LogP contribution in [0, 0.1) is 13.8 Å². The van der Waals surface area contributed by atoms with Crippen LogP contribution in [-0.2, 0) is 11.3 Å². The average Bonchev–Trinajstić information content (AvgIpc) is 2.87. The molecule has 0 spiro atoms. The molecule has 0 saturated carbocycles. The highest BCUT2D eigenvalue weighted by molar-refractivity contribution is 14.0. The summed E-state index contributed by atoms with van der Waals surface area (Å²) in [5.74, 6) is 1.98. The lowest BCUT2D eigenvalue weighted by Gasteiger charge is -2.37. The molecular formula is C16H29IN4OS2. The van der Waals surface area contributed by atoms with Gasteiger partial charge in [-0.1, -0.05) is 6.92 Å². The molecule has 1 saturated heterocycles. The van der Waals surface area contributed by atoms with E-state index >= 15 is 0 Å². The normalized spacial score (nSPS) is 17.2. The molecule has 0 aliphatic carbocycles. The monoisotopic (exact) mass is 484 g/mol. The van der Waals surface area contributed by atoms with Crippen LogP contribution < -0.4 is 10.6 Å². The van der Waals surface area contributed by atoms with Crippen LogP contribution in [0.4, 0.5) is 0 Å². The SMILES string of the molecule is CCSC1(CNC(=NC)NCc2nc(C)c(C)s2)CCOCC1.I. The van der Waals surface area contributed by atoms with E-state index in [0.29, 0.717) is 0 Å². The number of nitrogens with one attached hydrogen (secondary N) is 2. The molecule has 8 heteroatoms. The van der Waals surface area contributed by atoms with Gasteiger partial charge in [0.2, 0.25) is 0 Å². The van der Waals surface area contributed by atoms with Crippen molar-refractivity contribution in [2.24, 2.45) is 4.99 Å². The summed E-state index contributed by atoms with van der Waals surface area (Å²) in [5.41, 5.74) is 1.12. The summed E-state index contributed by atoms with van der Waals surface area (Å²) >= 11 is 3.78. The first-order chi connectivity index (χ1) is 11.1. The Bertz CT molecular complexity index is 505. The van der Waals surface area contributed by atoms with Gasteiger partial charge in [0.25, 0.3) is 0 Å². The molecule has 1 aromatic rings. The fourth-order valence-corrected chi connectivity index (χ4v) is 4.78. The first-order valence-corrected chi connectivity index (χ1v) is 9.98. The van der Waals surface area contributed by atoms with Crippen molar-refractivity contribution in [2.75, 3.05) is 32.6 Å². The van der Waals surface area contributed by atoms with E-state index in [0.717, 1.165) is 61.6 Å². The van der Waals surface area contributed by atoms with Gasteiger partial charge in [-0.2, -0.15) is 11.8 Å². The predicted octanol–water partition coefficient (Wildman–Crippen LogP) is 3.35. The van der Waals surface area contributed by atoms with Crippen molar-refractivity contribution < 1.29 is 4.74 Å². The summed E-state index contributed by atoms with van der Waals surface area (Å²) in [5, 5.41) is 7.97. The van der Waals surface area contributed by atoms with Gasteiger partial charge in [-0.15, -0.1) is 35.3 Å². The van der Waals surface area contributed by atoms with E-state index in [-0.39, 0.29) is 28.7 Å². The zero-order chi connectivity index (χ0) is 16.7. The van der Waals surface area contributed by atoms with Gasteiger partial charge in [-0.05, 0) is 32.4 Å². The molecule has 1 aliphatic heterocycles. The van der Waals surface area contributed by atoms with Gasteiger partial charge in [0.15, 0.2) is 5.96 Å². The standard InChI is InChI=1S/C16H28N4OS2.HI/c1-5-22-16(6-8-21-9-7-16)11-19-15(17-4)18-10-14-20-12(2)13(3)23-14;/h5-11H2,1-4H3,(H2,17,18,19);1H. The molecule has 1 aliphatic rings. The second kappa shape index (κ2) is 10.8. The highest BCUT2D eigenvalue weighted by Crippen LogP contribution is 2.34. The molecule has 1 aromatic heterocycles. The Morgan fingerprint density at radius 3 is 2.58 bits per heavy atom. The zero-order valence-corrected chi connectivity index (χ0v) is 18.9. The molecule has 0 amide bonds. The van der Waals surface area contributed by atoms with E-state index in [4.69, 9.17) is 4.74 Å². The summed E-state index contributed by atoms with van der Waals surface area (Å²) in [6.07, 6.45) is 2.20. The Morgan fingerprint density at radius 1 is 1.33 bits per heavy atom. The molecule has 2 rings (SSSR count). The summed E-state index contributed by atoms with van der Waals surface area (Å²) in [7, 11) is 1.82. The van der Waals surface area contributed by atoms with Crippen molar-refractivity contribution in [3.05, 3.63) is 15.6 Å². The first kappa shape index (κ1) is 22.0. The van der Waals surface area contributed by atoms with E-state index in [2.05, 4.69) is 41.4 Å². The molecular weight excluding hydrogens is 455 g/mol. The number of hydrogen-bond acceptors (Lipinski definition) is 5. The number of nitrogens with zero attached hydrogens (tertiary/aromatic N) is 2. The molecule has 24 heavy (non-hydrogen) atoms. The van der Waals surface area contributed by atoms with E-state index in [1.165, 1.54) is 4.88 Å². The zero-order valence-electron chi connectivity index (χ0n) is 15.0. The second-order valence-electron chi connectivity index (χ2n) is 5.76. The van der Waals surface area contributed by atoms with Gasteiger partial charge in [0.05, 0.1) is 12.2 Å². The molecule has 1 fully saturated rings. The van der Waals surface area contributed by atoms with Crippen molar-refractivity contribution >= 4 is 53.0 Å². The summed E-state index contributed by atoms with van der Waals surface area (Å²) in [6.45, 7) is 9.75. The minimum Gasteiger partial charge on any atom is -0.381 e. The number of thioether (sulfide) groups is 1. The Morgan fingerprint density at radius 2 is 2.04 bits per heavy atom. The number of halogens is 1. The molecule has 2 heterocycles. The van der Waals surface area contributed by atoms with Gasteiger partial charge < -0.3 is 15.4 Å².